The largest absolute Gasteiger partial charge is 0.453 e. The van der Waals surface area contributed by atoms with Gasteiger partial charge in [0.1, 0.15) is 17.4 Å². The van der Waals surface area contributed by atoms with Crippen LogP contribution in [0.25, 0.3) is 0 Å². The van der Waals surface area contributed by atoms with Gasteiger partial charge in [-0.2, -0.15) is 0 Å². The molecule has 0 fully saturated rings. The van der Waals surface area contributed by atoms with E-state index in [0.29, 0.717) is 0 Å². The van der Waals surface area contributed by atoms with Crippen LogP contribution in [0.5, 0.6) is 11.5 Å². The van der Waals surface area contributed by atoms with Crippen molar-refractivity contribution >= 4 is 5.78 Å². The molecule has 2 aromatic carbocycles. The minimum Gasteiger partial charge on any atom is -0.453 e. The molecule has 2 nitrogen and oxygen atoms in total. The van der Waals surface area contributed by atoms with Crippen molar-refractivity contribution in [2.45, 2.75) is 6.92 Å². The number of halogens is 3. The number of ketones is 1. The zero-order valence-corrected chi connectivity index (χ0v) is 9.91. The Kier molecular flexibility index (Phi) is 3.55. The molecule has 0 saturated heterocycles. The number of rotatable bonds is 3. The zero-order valence-electron chi connectivity index (χ0n) is 9.91. The molecule has 0 amide bonds. The third kappa shape index (κ3) is 2.93. The van der Waals surface area contributed by atoms with Crippen LogP contribution >= 0.6 is 0 Å². The topological polar surface area (TPSA) is 26.3 Å². The van der Waals surface area contributed by atoms with Gasteiger partial charge in [0, 0.05) is 6.07 Å². The molecule has 0 saturated carbocycles. The number of carbonyl (C=O) groups is 1. The molecule has 0 aliphatic rings. The fraction of sp³-hybridized carbons (Fsp3) is 0.0714. The number of Topliss-reactive ketones (excluding diaryl/α,β-unsaturated/α-hetero) is 1. The standard InChI is InChI=1S/C14H9F3O2/c1-8(18)11-6-9(15)3-5-13(11)19-14-7-10(16)2-4-12(14)17/h2-7H,1H3. The predicted octanol–water partition coefficient (Wildman–Crippen LogP) is 4.10. The molecule has 0 radical (unpaired) electrons. The van der Waals surface area contributed by atoms with Crippen LogP contribution < -0.4 is 4.74 Å². The third-order valence-electron chi connectivity index (χ3n) is 2.43. The first-order chi connectivity index (χ1) is 8.97. The molecule has 0 N–H and O–H groups in total. The Morgan fingerprint density at radius 2 is 1.58 bits per heavy atom. The average molecular weight is 266 g/mol. The van der Waals surface area contributed by atoms with Crippen molar-refractivity contribution in [3.63, 3.8) is 0 Å². The molecule has 19 heavy (non-hydrogen) atoms. The molecular weight excluding hydrogens is 257 g/mol. The van der Waals surface area contributed by atoms with E-state index >= 15 is 0 Å². The first-order valence-corrected chi connectivity index (χ1v) is 5.41. The Morgan fingerprint density at radius 1 is 0.947 bits per heavy atom. The maximum absolute atomic E-state index is 13.4. The summed E-state index contributed by atoms with van der Waals surface area (Å²) < 4.78 is 44.6. The second-order valence-electron chi connectivity index (χ2n) is 3.87. The lowest BCUT2D eigenvalue weighted by Gasteiger charge is -2.10. The number of hydrogen-bond donors (Lipinski definition) is 0. The van der Waals surface area contributed by atoms with Gasteiger partial charge in [0.25, 0.3) is 0 Å². The number of ether oxygens (including phenoxy) is 1. The first-order valence-electron chi connectivity index (χ1n) is 5.41. The summed E-state index contributed by atoms with van der Waals surface area (Å²) >= 11 is 0. The molecule has 0 aliphatic carbocycles. The van der Waals surface area contributed by atoms with Gasteiger partial charge in [-0.25, -0.2) is 13.2 Å². The lowest BCUT2D eigenvalue weighted by molar-refractivity contribution is 0.101. The van der Waals surface area contributed by atoms with E-state index in [9.17, 15) is 18.0 Å². The quantitative estimate of drug-likeness (QED) is 0.782. The highest BCUT2D eigenvalue weighted by Crippen LogP contribution is 2.28. The Balaban J connectivity index is 2.43. The molecule has 0 atom stereocenters. The molecule has 2 rings (SSSR count). The fourth-order valence-corrected chi connectivity index (χ4v) is 1.54. The monoisotopic (exact) mass is 266 g/mol. The second-order valence-corrected chi connectivity index (χ2v) is 3.87. The summed E-state index contributed by atoms with van der Waals surface area (Å²) in [5, 5.41) is 0. The summed E-state index contributed by atoms with van der Waals surface area (Å²) in [6.07, 6.45) is 0. The van der Waals surface area contributed by atoms with Crippen molar-refractivity contribution in [3.05, 3.63) is 59.4 Å². The average Bonchev–Trinajstić information content (AvgIpc) is 2.35. The van der Waals surface area contributed by atoms with Gasteiger partial charge >= 0.3 is 0 Å². The van der Waals surface area contributed by atoms with Crippen LogP contribution in [0.15, 0.2) is 36.4 Å². The van der Waals surface area contributed by atoms with Gasteiger partial charge < -0.3 is 4.74 Å². The second kappa shape index (κ2) is 5.14. The molecule has 2 aromatic rings. The van der Waals surface area contributed by atoms with Crippen molar-refractivity contribution in [1.29, 1.82) is 0 Å². The van der Waals surface area contributed by atoms with Gasteiger partial charge in [0.05, 0.1) is 5.56 Å². The van der Waals surface area contributed by atoms with Crippen LogP contribution in [-0.4, -0.2) is 5.78 Å². The highest BCUT2D eigenvalue weighted by molar-refractivity contribution is 5.96. The summed E-state index contributed by atoms with van der Waals surface area (Å²) in [5.74, 6) is -2.90. The van der Waals surface area contributed by atoms with Crippen LogP contribution in [0, 0.1) is 17.5 Å². The smallest absolute Gasteiger partial charge is 0.166 e. The Bertz CT molecular complexity index is 639. The minimum absolute atomic E-state index is 0.0293. The maximum Gasteiger partial charge on any atom is 0.166 e. The summed E-state index contributed by atoms with van der Waals surface area (Å²) in [4.78, 5) is 11.3. The Labute approximate surface area is 107 Å². The number of hydrogen-bond acceptors (Lipinski definition) is 2. The summed E-state index contributed by atoms with van der Waals surface area (Å²) in [7, 11) is 0. The van der Waals surface area contributed by atoms with Crippen molar-refractivity contribution in [1.82, 2.24) is 0 Å². The zero-order chi connectivity index (χ0) is 14.0. The van der Waals surface area contributed by atoms with Gasteiger partial charge in [-0.05, 0) is 37.3 Å². The normalized spacial score (nSPS) is 10.3. The number of benzene rings is 2. The van der Waals surface area contributed by atoms with E-state index in [1.54, 1.807) is 0 Å². The van der Waals surface area contributed by atoms with Gasteiger partial charge in [0.15, 0.2) is 17.3 Å². The highest BCUT2D eigenvalue weighted by atomic mass is 19.1. The summed E-state index contributed by atoms with van der Waals surface area (Å²) in [5.41, 5.74) is -0.0383. The summed E-state index contributed by atoms with van der Waals surface area (Å²) in [6, 6.07) is 5.94. The van der Waals surface area contributed by atoms with Crippen LogP contribution in [0.2, 0.25) is 0 Å². The molecule has 0 unspecified atom stereocenters. The van der Waals surface area contributed by atoms with E-state index in [0.717, 1.165) is 30.3 Å². The molecule has 0 aliphatic heterocycles. The SMILES string of the molecule is CC(=O)c1cc(F)ccc1Oc1cc(F)ccc1F. The predicted molar refractivity (Wildman–Crippen MR) is 62.8 cm³/mol. The first kappa shape index (κ1) is 13.1. The van der Waals surface area contributed by atoms with Crippen LogP contribution in [0.3, 0.4) is 0 Å². The number of carbonyl (C=O) groups excluding carboxylic acids is 1. The van der Waals surface area contributed by atoms with Gasteiger partial charge in [-0.3, -0.25) is 4.79 Å². The van der Waals surface area contributed by atoms with Gasteiger partial charge in [-0.15, -0.1) is 0 Å². The van der Waals surface area contributed by atoms with E-state index in [1.807, 2.05) is 0 Å². The van der Waals surface area contributed by atoms with Crippen molar-refractivity contribution < 1.29 is 22.7 Å². The molecular formula is C14H9F3O2. The van der Waals surface area contributed by atoms with Crippen molar-refractivity contribution in [2.24, 2.45) is 0 Å². The van der Waals surface area contributed by atoms with E-state index in [4.69, 9.17) is 4.74 Å². The van der Waals surface area contributed by atoms with Crippen LogP contribution in [0.4, 0.5) is 13.2 Å². The lowest BCUT2D eigenvalue weighted by atomic mass is 10.1. The molecule has 0 spiro atoms. The van der Waals surface area contributed by atoms with Crippen LogP contribution in [-0.2, 0) is 0 Å². The molecule has 5 heteroatoms. The minimum atomic E-state index is -0.778. The van der Waals surface area contributed by atoms with Crippen LogP contribution in [0.1, 0.15) is 17.3 Å². The van der Waals surface area contributed by atoms with Crippen molar-refractivity contribution in [2.75, 3.05) is 0 Å². The third-order valence-corrected chi connectivity index (χ3v) is 2.43. The van der Waals surface area contributed by atoms with Gasteiger partial charge in [-0.1, -0.05) is 0 Å². The highest BCUT2D eigenvalue weighted by Gasteiger charge is 2.13. The van der Waals surface area contributed by atoms with E-state index in [-0.39, 0.29) is 17.1 Å². The van der Waals surface area contributed by atoms with E-state index in [1.165, 1.54) is 13.0 Å². The molecule has 0 aromatic heterocycles. The van der Waals surface area contributed by atoms with E-state index < -0.39 is 23.2 Å². The fourth-order valence-electron chi connectivity index (χ4n) is 1.54. The van der Waals surface area contributed by atoms with Gasteiger partial charge in [0.2, 0.25) is 0 Å². The molecule has 0 bridgehead atoms. The Hall–Kier alpha value is -2.30. The molecule has 0 heterocycles. The maximum atomic E-state index is 13.4. The summed E-state index contributed by atoms with van der Waals surface area (Å²) in [6.45, 7) is 1.23. The lowest BCUT2D eigenvalue weighted by Crippen LogP contribution is -1.99. The Morgan fingerprint density at radius 3 is 2.26 bits per heavy atom. The van der Waals surface area contributed by atoms with E-state index in [2.05, 4.69) is 0 Å². The molecule has 98 valence electrons. The van der Waals surface area contributed by atoms with Crippen molar-refractivity contribution in [3.8, 4) is 11.5 Å².